The third kappa shape index (κ3) is 3.85. The molecule has 6 nitrogen and oxygen atoms in total. The summed E-state index contributed by atoms with van der Waals surface area (Å²) in [6, 6.07) is 13.7. The number of ether oxygens (including phenoxy) is 2. The van der Waals surface area contributed by atoms with Gasteiger partial charge in [-0.3, -0.25) is 4.99 Å². The van der Waals surface area contributed by atoms with Crippen LogP contribution in [0.1, 0.15) is 5.56 Å². The molecule has 25 heavy (non-hydrogen) atoms. The summed E-state index contributed by atoms with van der Waals surface area (Å²) in [5.74, 6) is 1.73. The molecule has 0 saturated carbocycles. The lowest BCUT2D eigenvalue weighted by Gasteiger charge is -2.12. The van der Waals surface area contributed by atoms with Crippen LogP contribution in [0.25, 0.3) is 10.9 Å². The Morgan fingerprint density at radius 3 is 2.80 bits per heavy atom. The monoisotopic (exact) mass is 338 g/mol. The molecule has 4 N–H and O–H groups in total. The zero-order valence-electron chi connectivity index (χ0n) is 14.4. The number of hydrogen-bond acceptors (Lipinski definition) is 3. The molecular weight excluding hydrogens is 316 g/mol. The predicted octanol–water partition coefficient (Wildman–Crippen LogP) is 3.15. The average molecular weight is 338 g/mol. The van der Waals surface area contributed by atoms with Crippen molar-refractivity contribution >= 4 is 22.5 Å². The Balaban J connectivity index is 1.66. The number of nitrogens with two attached hydrogens (primary N) is 1. The van der Waals surface area contributed by atoms with Crippen LogP contribution in [0.4, 0.5) is 5.69 Å². The van der Waals surface area contributed by atoms with Crippen molar-refractivity contribution in [2.24, 2.45) is 10.7 Å². The van der Waals surface area contributed by atoms with Gasteiger partial charge in [0.15, 0.2) is 5.96 Å². The first-order chi connectivity index (χ1) is 12.2. The zero-order chi connectivity index (χ0) is 17.6. The van der Waals surface area contributed by atoms with Gasteiger partial charge in [0.05, 0.1) is 19.9 Å². The first kappa shape index (κ1) is 16.7. The van der Waals surface area contributed by atoms with E-state index < -0.39 is 0 Å². The van der Waals surface area contributed by atoms with Crippen LogP contribution in [0.5, 0.6) is 11.5 Å². The molecule has 0 amide bonds. The number of hydrogen-bond donors (Lipinski definition) is 3. The second kappa shape index (κ2) is 7.61. The van der Waals surface area contributed by atoms with Gasteiger partial charge in [0.1, 0.15) is 11.5 Å². The summed E-state index contributed by atoms with van der Waals surface area (Å²) in [5, 5.41) is 4.29. The number of aliphatic imine (C=N–C) groups is 1. The molecule has 6 heteroatoms. The van der Waals surface area contributed by atoms with Gasteiger partial charge in [-0.2, -0.15) is 0 Å². The number of fused-ring (bicyclic) bond motifs is 1. The van der Waals surface area contributed by atoms with Crippen molar-refractivity contribution in [2.45, 2.75) is 6.42 Å². The second-order valence-corrected chi connectivity index (χ2v) is 5.57. The molecule has 0 unspecified atom stereocenters. The number of guanidine groups is 1. The summed E-state index contributed by atoms with van der Waals surface area (Å²) in [6.07, 6.45) is 2.83. The van der Waals surface area contributed by atoms with Gasteiger partial charge in [-0.15, -0.1) is 0 Å². The summed E-state index contributed by atoms with van der Waals surface area (Å²) in [7, 11) is 3.22. The van der Waals surface area contributed by atoms with Gasteiger partial charge in [-0.25, -0.2) is 0 Å². The summed E-state index contributed by atoms with van der Waals surface area (Å²) in [5.41, 5.74) is 9.09. The quantitative estimate of drug-likeness (QED) is 0.476. The molecule has 0 atom stereocenters. The van der Waals surface area contributed by atoms with Crippen LogP contribution in [0, 0.1) is 0 Å². The van der Waals surface area contributed by atoms with E-state index in [1.807, 2.05) is 36.5 Å². The first-order valence-electron chi connectivity index (χ1n) is 8.05. The van der Waals surface area contributed by atoms with E-state index in [1.54, 1.807) is 14.2 Å². The van der Waals surface area contributed by atoms with Crippen LogP contribution in [-0.2, 0) is 6.42 Å². The highest BCUT2D eigenvalue weighted by molar-refractivity contribution is 5.94. The Bertz CT molecular complexity index is 886. The molecule has 0 aliphatic carbocycles. The third-order valence-corrected chi connectivity index (χ3v) is 4.01. The van der Waals surface area contributed by atoms with Gasteiger partial charge >= 0.3 is 0 Å². The molecular formula is C19H22N4O2. The molecule has 3 aromatic rings. The molecule has 0 saturated heterocycles. The Kier molecular flexibility index (Phi) is 5.09. The van der Waals surface area contributed by atoms with Crippen LogP contribution in [0.15, 0.2) is 53.7 Å². The van der Waals surface area contributed by atoms with E-state index in [-0.39, 0.29) is 0 Å². The van der Waals surface area contributed by atoms with Crippen molar-refractivity contribution in [1.29, 1.82) is 0 Å². The van der Waals surface area contributed by atoms with Crippen molar-refractivity contribution in [2.75, 3.05) is 26.1 Å². The minimum Gasteiger partial charge on any atom is -0.497 e. The topological polar surface area (TPSA) is 84.7 Å². The maximum Gasteiger partial charge on any atom is 0.193 e. The fourth-order valence-electron chi connectivity index (χ4n) is 2.72. The lowest BCUT2D eigenvalue weighted by atomic mass is 10.1. The van der Waals surface area contributed by atoms with Crippen molar-refractivity contribution in [3.63, 3.8) is 0 Å². The number of methoxy groups -OCH3 is 2. The van der Waals surface area contributed by atoms with Gasteiger partial charge in [0, 0.05) is 29.7 Å². The minimum absolute atomic E-state index is 0.339. The number of para-hydroxylation sites is 1. The van der Waals surface area contributed by atoms with Crippen LogP contribution in [0.2, 0.25) is 0 Å². The summed E-state index contributed by atoms with van der Waals surface area (Å²) >= 11 is 0. The Labute approximate surface area is 146 Å². The zero-order valence-corrected chi connectivity index (χ0v) is 14.4. The van der Waals surface area contributed by atoms with E-state index in [0.717, 1.165) is 23.4 Å². The predicted molar refractivity (Wildman–Crippen MR) is 102 cm³/mol. The van der Waals surface area contributed by atoms with Gasteiger partial charge < -0.3 is 25.5 Å². The van der Waals surface area contributed by atoms with E-state index in [0.29, 0.717) is 18.3 Å². The highest BCUT2D eigenvalue weighted by Gasteiger charge is 2.06. The number of aromatic amines is 1. The number of rotatable bonds is 6. The molecule has 3 rings (SSSR count). The lowest BCUT2D eigenvalue weighted by Crippen LogP contribution is -2.23. The number of nitrogens with one attached hydrogen (secondary N) is 2. The fraction of sp³-hybridized carbons (Fsp3) is 0.211. The van der Waals surface area contributed by atoms with E-state index in [4.69, 9.17) is 15.2 Å². The van der Waals surface area contributed by atoms with Crippen LogP contribution >= 0.6 is 0 Å². The summed E-state index contributed by atoms with van der Waals surface area (Å²) in [4.78, 5) is 7.67. The summed E-state index contributed by atoms with van der Waals surface area (Å²) in [6.45, 7) is 0.590. The highest BCUT2D eigenvalue weighted by atomic mass is 16.5. The average Bonchev–Trinajstić information content (AvgIpc) is 3.05. The van der Waals surface area contributed by atoms with Gasteiger partial charge in [0.25, 0.3) is 0 Å². The Morgan fingerprint density at radius 1 is 1.16 bits per heavy atom. The van der Waals surface area contributed by atoms with Crippen molar-refractivity contribution in [3.8, 4) is 11.5 Å². The molecule has 0 fully saturated rings. The number of aromatic nitrogens is 1. The number of anilines is 1. The van der Waals surface area contributed by atoms with Crippen molar-refractivity contribution in [1.82, 2.24) is 4.98 Å². The minimum atomic E-state index is 0.339. The Hall–Kier alpha value is -3.15. The molecule has 0 radical (unpaired) electrons. The largest absolute Gasteiger partial charge is 0.497 e. The van der Waals surface area contributed by atoms with Gasteiger partial charge in [-0.05, 0) is 30.2 Å². The molecule has 0 spiro atoms. The normalized spacial score (nSPS) is 11.5. The van der Waals surface area contributed by atoms with E-state index in [1.165, 1.54) is 10.9 Å². The van der Waals surface area contributed by atoms with Crippen LogP contribution in [-0.4, -0.2) is 31.7 Å². The standard InChI is InChI=1S/C19H22N4O2/c1-24-14-7-8-18(25-2)17(11-14)23-19(20)21-10-9-13-12-22-16-6-4-3-5-15(13)16/h3-8,11-12,22H,9-10H2,1-2H3,(H3,20,21,23). The molecule has 0 aliphatic heterocycles. The molecule has 1 aromatic heterocycles. The van der Waals surface area contributed by atoms with Crippen LogP contribution in [0.3, 0.4) is 0 Å². The maximum absolute atomic E-state index is 6.01. The van der Waals surface area contributed by atoms with Crippen molar-refractivity contribution in [3.05, 3.63) is 54.2 Å². The number of nitrogens with zero attached hydrogens (tertiary/aromatic N) is 1. The van der Waals surface area contributed by atoms with Gasteiger partial charge in [0.2, 0.25) is 0 Å². The lowest BCUT2D eigenvalue weighted by molar-refractivity contribution is 0.405. The van der Waals surface area contributed by atoms with E-state index in [9.17, 15) is 0 Å². The van der Waals surface area contributed by atoms with Gasteiger partial charge in [-0.1, -0.05) is 18.2 Å². The molecule has 0 aliphatic rings. The van der Waals surface area contributed by atoms with E-state index in [2.05, 4.69) is 27.4 Å². The Morgan fingerprint density at radius 2 is 2.00 bits per heavy atom. The summed E-state index contributed by atoms with van der Waals surface area (Å²) < 4.78 is 10.6. The van der Waals surface area contributed by atoms with E-state index >= 15 is 0 Å². The first-order valence-corrected chi connectivity index (χ1v) is 8.05. The molecule has 2 aromatic carbocycles. The maximum atomic E-state index is 6.01. The molecule has 1 heterocycles. The number of H-pyrrole nitrogens is 1. The second-order valence-electron chi connectivity index (χ2n) is 5.57. The van der Waals surface area contributed by atoms with Crippen molar-refractivity contribution < 1.29 is 9.47 Å². The highest BCUT2D eigenvalue weighted by Crippen LogP contribution is 2.28. The molecule has 0 bridgehead atoms. The third-order valence-electron chi connectivity index (χ3n) is 4.01. The number of benzene rings is 2. The SMILES string of the molecule is COc1ccc(OC)c(NC(N)=NCCc2c[nH]c3ccccc23)c1. The fourth-order valence-corrected chi connectivity index (χ4v) is 2.72. The smallest absolute Gasteiger partial charge is 0.193 e. The van der Waals surface area contributed by atoms with Crippen LogP contribution < -0.4 is 20.5 Å². The molecule has 130 valence electrons.